The molecule has 0 spiro atoms. The number of sulfonamides is 1. The van der Waals surface area contributed by atoms with Crippen LogP contribution in [0.5, 0.6) is 0 Å². The monoisotopic (exact) mass is 383 g/mol. The van der Waals surface area contributed by atoms with Crippen molar-refractivity contribution in [3.05, 3.63) is 29.8 Å². The Balaban J connectivity index is 1.99. The van der Waals surface area contributed by atoms with Gasteiger partial charge in [0.15, 0.2) is 0 Å². The van der Waals surface area contributed by atoms with Gasteiger partial charge in [-0.3, -0.25) is 4.79 Å². The number of nitrogens with zero attached hydrogens (tertiary/aromatic N) is 1. The Hall–Kier alpha value is -2.13. The van der Waals surface area contributed by atoms with Crippen LogP contribution >= 0.6 is 0 Å². The number of hydrogen-bond acceptors (Lipinski definition) is 5. The number of primary sulfonamides is 1. The summed E-state index contributed by atoms with van der Waals surface area (Å²) in [7, 11) is -3.88. The number of likely N-dealkylation sites (tertiary alicyclic amines) is 1. The lowest BCUT2D eigenvalue weighted by atomic mass is 10.2. The Labute approximate surface area is 153 Å². The minimum Gasteiger partial charge on any atom is -0.444 e. The van der Waals surface area contributed by atoms with E-state index in [1.165, 1.54) is 24.3 Å². The molecule has 1 aliphatic heterocycles. The highest BCUT2D eigenvalue weighted by Crippen LogP contribution is 2.20. The molecular formula is C17H25N3O5S. The highest BCUT2D eigenvalue weighted by molar-refractivity contribution is 7.89. The van der Waals surface area contributed by atoms with Gasteiger partial charge in [-0.15, -0.1) is 0 Å². The molecule has 8 nitrogen and oxygen atoms in total. The van der Waals surface area contributed by atoms with E-state index in [4.69, 9.17) is 9.88 Å². The first kappa shape index (κ1) is 20.2. The molecule has 0 radical (unpaired) electrons. The maximum absolute atomic E-state index is 12.3. The first-order valence-corrected chi connectivity index (χ1v) is 9.93. The predicted molar refractivity (Wildman–Crippen MR) is 96.1 cm³/mol. The fraction of sp³-hybridized carbons (Fsp3) is 0.529. The summed E-state index contributed by atoms with van der Waals surface area (Å²) in [5, 5.41) is 7.83. The number of nitrogens with two attached hydrogens (primary N) is 1. The number of ether oxygens (including phenoxy) is 1. The minimum atomic E-state index is -3.88. The molecule has 1 aliphatic rings. The van der Waals surface area contributed by atoms with Crippen molar-refractivity contribution in [1.29, 1.82) is 0 Å². The minimum absolute atomic E-state index is 0.124. The summed E-state index contributed by atoms with van der Waals surface area (Å²) in [6, 6.07) is 5.36. The molecular weight excluding hydrogens is 358 g/mol. The van der Waals surface area contributed by atoms with Gasteiger partial charge < -0.3 is 15.0 Å². The molecule has 1 unspecified atom stereocenters. The Morgan fingerprint density at radius 1 is 1.35 bits per heavy atom. The van der Waals surface area contributed by atoms with Crippen LogP contribution in [-0.2, 0) is 14.8 Å². The van der Waals surface area contributed by atoms with Crippen molar-refractivity contribution in [1.82, 2.24) is 10.2 Å². The Morgan fingerprint density at radius 3 is 2.65 bits per heavy atom. The molecule has 2 amide bonds. The van der Waals surface area contributed by atoms with Gasteiger partial charge in [-0.25, -0.2) is 18.4 Å². The van der Waals surface area contributed by atoms with Crippen LogP contribution in [0.4, 0.5) is 4.79 Å². The van der Waals surface area contributed by atoms with E-state index in [-0.39, 0.29) is 23.0 Å². The SMILES string of the molecule is CC(C)(C)OC(=O)N1CCCC1CNC(=O)c1cccc(S(N)(=O)=O)c1. The van der Waals surface area contributed by atoms with E-state index in [0.717, 1.165) is 12.8 Å². The number of carbonyl (C=O) groups excluding carboxylic acids is 2. The van der Waals surface area contributed by atoms with Gasteiger partial charge in [0.05, 0.1) is 10.9 Å². The molecule has 1 fully saturated rings. The van der Waals surface area contributed by atoms with Gasteiger partial charge in [0.2, 0.25) is 10.0 Å². The summed E-state index contributed by atoms with van der Waals surface area (Å²) in [6.45, 7) is 6.25. The summed E-state index contributed by atoms with van der Waals surface area (Å²) in [5.41, 5.74) is -0.389. The van der Waals surface area contributed by atoms with Crippen LogP contribution in [0.15, 0.2) is 29.2 Å². The van der Waals surface area contributed by atoms with Gasteiger partial charge in [-0.05, 0) is 51.8 Å². The van der Waals surface area contributed by atoms with Crippen molar-refractivity contribution in [3.8, 4) is 0 Å². The number of carbonyl (C=O) groups is 2. The van der Waals surface area contributed by atoms with E-state index in [1.54, 1.807) is 25.7 Å². The molecule has 0 saturated carbocycles. The second kappa shape index (κ2) is 7.63. The van der Waals surface area contributed by atoms with Crippen LogP contribution in [0.2, 0.25) is 0 Å². The fourth-order valence-electron chi connectivity index (χ4n) is 2.74. The number of hydrogen-bond donors (Lipinski definition) is 2. The van der Waals surface area contributed by atoms with Crippen molar-refractivity contribution < 1.29 is 22.7 Å². The van der Waals surface area contributed by atoms with E-state index in [2.05, 4.69) is 5.32 Å². The molecule has 9 heteroatoms. The van der Waals surface area contributed by atoms with E-state index in [9.17, 15) is 18.0 Å². The summed E-state index contributed by atoms with van der Waals surface area (Å²) < 4.78 is 28.2. The molecule has 1 aromatic rings. The molecule has 0 bridgehead atoms. The molecule has 0 aromatic heterocycles. The quantitative estimate of drug-likeness (QED) is 0.816. The molecule has 2 rings (SSSR count). The Bertz CT molecular complexity index is 786. The second-order valence-electron chi connectivity index (χ2n) is 7.25. The number of nitrogens with one attached hydrogen (secondary N) is 1. The van der Waals surface area contributed by atoms with Crippen molar-refractivity contribution in [2.24, 2.45) is 5.14 Å². The van der Waals surface area contributed by atoms with Crippen LogP contribution in [0.1, 0.15) is 44.0 Å². The Morgan fingerprint density at radius 2 is 2.04 bits per heavy atom. The van der Waals surface area contributed by atoms with Gasteiger partial charge in [-0.2, -0.15) is 0 Å². The van der Waals surface area contributed by atoms with Gasteiger partial charge >= 0.3 is 6.09 Å². The van der Waals surface area contributed by atoms with Crippen molar-refractivity contribution in [2.75, 3.05) is 13.1 Å². The molecule has 0 aliphatic carbocycles. The summed E-state index contributed by atoms with van der Waals surface area (Å²) in [6.07, 6.45) is 1.20. The number of amides is 2. The molecule has 1 saturated heterocycles. The van der Waals surface area contributed by atoms with Crippen molar-refractivity contribution >= 4 is 22.0 Å². The average molecular weight is 383 g/mol. The van der Waals surface area contributed by atoms with Crippen molar-refractivity contribution in [3.63, 3.8) is 0 Å². The molecule has 1 atom stereocenters. The van der Waals surface area contributed by atoms with Gasteiger partial charge in [0.1, 0.15) is 5.60 Å². The first-order valence-electron chi connectivity index (χ1n) is 8.38. The number of rotatable bonds is 4. The third-order valence-corrected chi connectivity index (χ3v) is 4.84. The summed E-state index contributed by atoms with van der Waals surface area (Å²) in [4.78, 5) is 26.0. The smallest absolute Gasteiger partial charge is 0.410 e. The third kappa shape index (κ3) is 5.43. The van der Waals surface area contributed by atoms with Crippen LogP contribution in [0, 0.1) is 0 Å². The number of benzene rings is 1. The van der Waals surface area contributed by atoms with Crippen LogP contribution in [0.3, 0.4) is 0 Å². The van der Waals surface area contributed by atoms with Gasteiger partial charge in [0.25, 0.3) is 5.91 Å². The largest absolute Gasteiger partial charge is 0.444 e. The first-order chi connectivity index (χ1) is 12.0. The lowest BCUT2D eigenvalue weighted by molar-refractivity contribution is 0.0225. The van der Waals surface area contributed by atoms with Gasteiger partial charge in [0, 0.05) is 18.7 Å². The van der Waals surface area contributed by atoms with E-state index < -0.39 is 27.6 Å². The maximum atomic E-state index is 12.3. The third-order valence-electron chi connectivity index (χ3n) is 3.93. The van der Waals surface area contributed by atoms with E-state index in [1.807, 2.05) is 0 Å². The molecule has 144 valence electrons. The van der Waals surface area contributed by atoms with Crippen LogP contribution in [0.25, 0.3) is 0 Å². The topological polar surface area (TPSA) is 119 Å². The fourth-order valence-corrected chi connectivity index (χ4v) is 3.30. The molecule has 1 heterocycles. The van der Waals surface area contributed by atoms with Crippen LogP contribution < -0.4 is 10.5 Å². The Kier molecular flexibility index (Phi) is 5.92. The average Bonchev–Trinajstić information content (AvgIpc) is 2.99. The lowest BCUT2D eigenvalue weighted by Gasteiger charge is -2.28. The summed E-state index contributed by atoms with van der Waals surface area (Å²) in [5.74, 6) is -0.425. The highest BCUT2D eigenvalue weighted by atomic mass is 32.2. The zero-order chi connectivity index (χ0) is 19.5. The lowest BCUT2D eigenvalue weighted by Crippen LogP contribution is -2.45. The highest BCUT2D eigenvalue weighted by Gasteiger charge is 2.32. The maximum Gasteiger partial charge on any atom is 0.410 e. The molecule has 1 aromatic carbocycles. The van der Waals surface area contributed by atoms with E-state index >= 15 is 0 Å². The normalized spacial score (nSPS) is 17.8. The van der Waals surface area contributed by atoms with Gasteiger partial charge in [-0.1, -0.05) is 6.07 Å². The standard InChI is InChI=1S/C17H25N3O5S/c1-17(2,3)25-16(22)20-9-5-7-13(20)11-19-15(21)12-6-4-8-14(10-12)26(18,23)24/h4,6,8,10,13H,5,7,9,11H2,1-3H3,(H,19,21)(H2,18,23,24). The van der Waals surface area contributed by atoms with Crippen LogP contribution in [-0.4, -0.2) is 50.1 Å². The molecule has 26 heavy (non-hydrogen) atoms. The van der Waals surface area contributed by atoms with E-state index in [0.29, 0.717) is 6.54 Å². The second-order valence-corrected chi connectivity index (χ2v) is 8.81. The zero-order valence-electron chi connectivity index (χ0n) is 15.2. The zero-order valence-corrected chi connectivity index (χ0v) is 16.0. The molecule has 3 N–H and O–H groups in total. The summed E-state index contributed by atoms with van der Waals surface area (Å²) >= 11 is 0. The predicted octanol–water partition coefficient (Wildman–Crippen LogP) is 1.46. The van der Waals surface area contributed by atoms with Crippen molar-refractivity contribution in [2.45, 2.75) is 50.2 Å².